The van der Waals surface area contributed by atoms with E-state index in [1.54, 1.807) is 25.1 Å². The zero-order valence-corrected chi connectivity index (χ0v) is 12.7. The summed E-state index contributed by atoms with van der Waals surface area (Å²) in [4.78, 5) is 29.3. The van der Waals surface area contributed by atoms with Crippen molar-refractivity contribution < 1.29 is 14.7 Å². The minimum absolute atomic E-state index is 0.228. The van der Waals surface area contributed by atoms with Crippen LogP contribution in [0.2, 0.25) is 0 Å². The van der Waals surface area contributed by atoms with Gasteiger partial charge in [-0.15, -0.1) is 11.3 Å². The summed E-state index contributed by atoms with van der Waals surface area (Å²) < 4.78 is 0. The summed E-state index contributed by atoms with van der Waals surface area (Å²) in [6.45, 7) is 1.70. The SMILES string of the molecule is Cc1cc(NC(=O)c2ccc(N(C)C)nc2)sc1C(=O)O. The molecule has 21 heavy (non-hydrogen) atoms. The first-order valence-corrected chi connectivity index (χ1v) is 6.98. The average molecular weight is 305 g/mol. The Morgan fingerprint density at radius 2 is 2.05 bits per heavy atom. The fourth-order valence-corrected chi connectivity index (χ4v) is 2.63. The number of carboxylic acid groups (broad SMARTS) is 1. The molecule has 110 valence electrons. The van der Waals surface area contributed by atoms with Crippen molar-refractivity contribution in [1.29, 1.82) is 0 Å². The number of carbonyl (C=O) groups excluding carboxylic acids is 1. The molecule has 0 radical (unpaired) electrons. The number of anilines is 2. The molecule has 0 saturated carbocycles. The number of hydrogen-bond donors (Lipinski definition) is 2. The topological polar surface area (TPSA) is 82.5 Å². The number of aromatic nitrogens is 1. The van der Waals surface area contributed by atoms with Crippen molar-refractivity contribution in [3.63, 3.8) is 0 Å². The number of pyridine rings is 1. The molecule has 2 heterocycles. The Morgan fingerprint density at radius 1 is 1.33 bits per heavy atom. The lowest BCUT2D eigenvalue weighted by molar-refractivity contribution is 0.0701. The summed E-state index contributed by atoms with van der Waals surface area (Å²) in [5, 5.41) is 12.2. The van der Waals surface area contributed by atoms with Gasteiger partial charge in [0.2, 0.25) is 0 Å². The van der Waals surface area contributed by atoms with E-state index in [1.807, 2.05) is 19.0 Å². The summed E-state index contributed by atoms with van der Waals surface area (Å²) in [6, 6.07) is 5.07. The van der Waals surface area contributed by atoms with Crippen LogP contribution in [0, 0.1) is 6.92 Å². The number of hydrogen-bond acceptors (Lipinski definition) is 5. The maximum absolute atomic E-state index is 12.1. The Kier molecular flexibility index (Phi) is 4.23. The zero-order valence-electron chi connectivity index (χ0n) is 11.9. The summed E-state index contributed by atoms with van der Waals surface area (Å²) in [6.07, 6.45) is 1.49. The third kappa shape index (κ3) is 3.38. The molecule has 2 N–H and O–H groups in total. The van der Waals surface area contributed by atoms with Crippen molar-refractivity contribution in [2.75, 3.05) is 24.3 Å². The van der Waals surface area contributed by atoms with E-state index in [9.17, 15) is 9.59 Å². The lowest BCUT2D eigenvalue weighted by Gasteiger charge is -2.10. The molecule has 0 aliphatic rings. The smallest absolute Gasteiger partial charge is 0.346 e. The lowest BCUT2D eigenvalue weighted by Crippen LogP contribution is -2.14. The summed E-state index contributed by atoms with van der Waals surface area (Å²) in [5.74, 6) is -0.548. The van der Waals surface area contributed by atoms with Gasteiger partial charge in [-0.25, -0.2) is 9.78 Å². The second-order valence-electron chi connectivity index (χ2n) is 4.68. The second kappa shape index (κ2) is 5.92. The fraction of sp³-hybridized carbons (Fsp3) is 0.214. The van der Waals surface area contributed by atoms with Gasteiger partial charge in [-0.2, -0.15) is 0 Å². The number of aromatic carboxylic acids is 1. The standard InChI is InChI=1S/C14H15N3O3S/c1-8-6-11(21-12(8)14(19)20)16-13(18)9-4-5-10(15-7-9)17(2)3/h4-7H,1-3H3,(H,16,18)(H,19,20). The molecule has 7 heteroatoms. The molecule has 6 nitrogen and oxygen atoms in total. The maximum Gasteiger partial charge on any atom is 0.346 e. The highest BCUT2D eigenvalue weighted by Crippen LogP contribution is 2.27. The summed E-state index contributed by atoms with van der Waals surface area (Å²) in [5.41, 5.74) is 1.05. The Bertz CT molecular complexity index is 677. The van der Waals surface area contributed by atoms with Gasteiger partial charge >= 0.3 is 5.97 Å². The fourth-order valence-electron chi connectivity index (χ4n) is 1.73. The number of carboxylic acids is 1. The maximum atomic E-state index is 12.1. The Balaban J connectivity index is 2.14. The van der Waals surface area contributed by atoms with Crippen LogP contribution in [0.15, 0.2) is 24.4 Å². The predicted molar refractivity (Wildman–Crippen MR) is 82.5 cm³/mol. The number of rotatable bonds is 4. The molecule has 0 aromatic carbocycles. The van der Waals surface area contributed by atoms with Gasteiger partial charge in [-0.1, -0.05) is 0 Å². The largest absolute Gasteiger partial charge is 0.477 e. The van der Waals surface area contributed by atoms with Gasteiger partial charge < -0.3 is 15.3 Å². The molecular formula is C14H15N3O3S. The molecule has 2 aromatic rings. The zero-order chi connectivity index (χ0) is 15.6. The number of nitrogens with one attached hydrogen (secondary N) is 1. The van der Waals surface area contributed by atoms with Crippen LogP contribution in [-0.4, -0.2) is 36.1 Å². The van der Waals surface area contributed by atoms with Crippen LogP contribution in [0.3, 0.4) is 0 Å². The predicted octanol–water partition coefficient (Wildman–Crippen LogP) is 2.47. The molecule has 2 rings (SSSR count). The first-order valence-electron chi connectivity index (χ1n) is 6.17. The van der Waals surface area contributed by atoms with Gasteiger partial charge in [-0.3, -0.25) is 4.79 Å². The van der Waals surface area contributed by atoms with Crippen molar-refractivity contribution >= 4 is 34.0 Å². The van der Waals surface area contributed by atoms with Crippen LogP contribution < -0.4 is 10.2 Å². The lowest BCUT2D eigenvalue weighted by atomic mass is 10.2. The first kappa shape index (κ1) is 15.0. The minimum atomic E-state index is -0.991. The van der Waals surface area contributed by atoms with Crippen molar-refractivity contribution in [2.45, 2.75) is 6.92 Å². The summed E-state index contributed by atoms with van der Waals surface area (Å²) in [7, 11) is 3.73. The number of carbonyl (C=O) groups is 2. The third-order valence-electron chi connectivity index (χ3n) is 2.82. The number of amides is 1. The third-order valence-corrected chi connectivity index (χ3v) is 3.96. The number of aryl methyl sites for hydroxylation is 1. The summed E-state index contributed by atoms with van der Waals surface area (Å²) >= 11 is 1.04. The van der Waals surface area contributed by atoms with Crippen LogP contribution in [0.25, 0.3) is 0 Å². The van der Waals surface area contributed by atoms with Gasteiger partial charge in [0.1, 0.15) is 10.7 Å². The van der Waals surface area contributed by atoms with Crippen LogP contribution in [0.5, 0.6) is 0 Å². The van der Waals surface area contributed by atoms with E-state index in [4.69, 9.17) is 5.11 Å². The highest BCUT2D eigenvalue weighted by Gasteiger charge is 2.14. The van der Waals surface area contributed by atoms with Crippen LogP contribution in [0.1, 0.15) is 25.6 Å². The van der Waals surface area contributed by atoms with Crippen LogP contribution in [-0.2, 0) is 0 Å². The van der Waals surface area contributed by atoms with Crippen molar-refractivity contribution in [1.82, 2.24) is 4.98 Å². The number of nitrogens with zero attached hydrogens (tertiary/aromatic N) is 2. The second-order valence-corrected chi connectivity index (χ2v) is 5.73. The first-order chi connectivity index (χ1) is 9.88. The molecule has 0 aliphatic heterocycles. The van der Waals surface area contributed by atoms with Gasteiger partial charge in [0.15, 0.2) is 0 Å². The van der Waals surface area contributed by atoms with Crippen LogP contribution >= 0.6 is 11.3 Å². The molecule has 0 spiro atoms. The molecule has 0 saturated heterocycles. The van der Waals surface area contributed by atoms with Crippen molar-refractivity contribution in [2.24, 2.45) is 0 Å². The molecule has 0 aliphatic carbocycles. The van der Waals surface area contributed by atoms with E-state index >= 15 is 0 Å². The highest BCUT2D eigenvalue weighted by molar-refractivity contribution is 7.18. The molecule has 0 bridgehead atoms. The van der Waals surface area contributed by atoms with Gasteiger partial charge in [0.25, 0.3) is 5.91 Å². The molecule has 0 atom stereocenters. The Morgan fingerprint density at radius 3 is 2.52 bits per heavy atom. The molecular weight excluding hydrogens is 290 g/mol. The molecule has 1 amide bonds. The van der Waals surface area contributed by atoms with Crippen LogP contribution in [0.4, 0.5) is 10.8 Å². The van der Waals surface area contributed by atoms with E-state index in [0.29, 0.717) is 16.1 Å². The Labute approximate surface area is 126 Å². The van der Waals surface area contributed by atoms with Crippen molar-refractivity contribution in [3.8, 4) is 0 Å². The Hall–Kier alpha value is -2.41. The normalized spacial score (nSPS) is 10.2. The van der Waals surface area contributed by atoms with Gasteiger partial charge in [0.05, 0.1) is 10.6 Å². The number of thiophene rings is 1. The molecule has 2 aromatic heterocycles. The van der Waals surface area contributed by atoms with Gasteiger partial charge in [-0.05, 0) is 30.7 Å². The van der Waals surface area contributed by atoms with E-state index in [2.05, 4.69) is 10.3 Å². The monoisotopic (exact) mass is 305 g/mol. The quantitative estimate of drug-likeness (QED) is 0.906. The highest BCUT2D eigenvalue weighted by atomic mass is 32.1. The van der Waals surface area contributed by atoms with E-state index in [0.717, 1.165) is 17.2 Å². The molecule has 0 unspecified atom stereocenters. The molecule has 0 fully saturated rings. The van der Waals surface area contributed by atoms with E-state index in [1.165, 1.54) is 6.20 Å². The van der Waals surface area contributed by atoms with Crippen molar-refractivity contribution in [3.05, 3.63) is 40.4 Å². The van der Waals surface area contributed by atoms with Gasteiger partial charge in [0, 0.05) is 20.3 Å². The van der Waals surface area contributed by atoms with E-state index < -0.39 is 5.97 Å². The average Bonchev–Trinajstić information content (AvgIpc) is 2.79. The van der Waals surface area contributed by atoms with E-state index in [-0.39, 0.29) is 10.8 Å². The minimum Gasteiger partial charge on any atom is -0.477 e.